The second-order valence-corrected chi connectivity index (χ2v) is 6.46. The number of ketones is 1. The zero-order chi connectivity index (χ0) is 14.9. The molecule has 3 nitrogen and oxygen atoms in total. The normalized spacial score (nSPS) is 22.4. The summed E-state index contributed by atoms with van der Waals surface area (Å²) in [6.45, 7) is 3.84. The van der Waals surface area contributed by atoms with E-state index in [4.69, 9.17) is 9.47 Å². The van der Waals surface area contributed by atoms with Crippen LogP contribution in [0.4, 0.5) is 0 Å². The number of Topliss-reactive ketones (excluding diaryl/α,β-unsaturated/α-hetero) is 1. The summed E-state index contributed by atoms with van der Waals surface area (Å²) in [7, 11) is 1.59. The summed E-state index contributed by atoms with van der Waals surface area (Å²) in [6.07, 6.45) is 3.39. The monoisotopic (exact) mass is 400 g/mol. The number of methoxy groups -OCH3 is 1. The molecule has 1 unspecified atom stereocenters. The van der Waals surface area contributed by atoms with Crippen LogP contribution in [0.2, 0.25) is 0 Å². The largest absolute Gasteiger partial charge is 0.452 e. The average Bonchev–Trinajstić information content (AvgIpc) is 2.38. The van der Waals surface area contributed by atoms with Crippen molar-refractivity contribution in [2.75, 3.05) is 7.11 Å². The van der Waals surface area contributed by atoms with E-state index in [0.29, 0.717) is 10.2 Å². The molecular formula is C15H14Br2O3. The van der Waals surface area contributed by atoms with Gasteiger partial charge in [-0.2, -0.15) is 0 Å². The maximum Gasteiger partial charge on any atom is 0.234 e. The summed E-state index contributed by atoms with van der Waals surface area (Å²) in [5, 5.41) is 0. The van der Waals surface area contributed by atoms with Crippen molar-refractivity contribution in [2.45, 2.75) is 19.4 Å². The Labute approximate surface area is 134 Å². The van der Waals surface area contributed by atoms with Crippen molar-refractivity contribution >= 4 is 37.6 Å². The van der Waals surface area contributed by atoms with E-state index in [-0.39, 0.29) is 11.5 Å². The molecule has 0 bridgehead atoms. The third kappa shape index (κ3) is 3.22. The van der Waals surface area contributed by atoms with E-state index < -0.39 is 5.60 Å². The summed E-state index contributed by atoms with van der Waals surface area (Å²) >= 11 is 6.69. The van der Waals surface area contributed by atoms with Crippen LogP contribution in [-0.4, -0.2) is 18.5 Å². The van der Waals surface area contributed by atoms with Crippen LogP contribution >= 0.6 is 31.9 Å². The molecule has 20 heavy (non-hydrogen) atoms. The zero-order valence-corrected chi connectivity index (χ0v) is 14.5. The molecule has 1 aliphatic rings. The van der Waals surface area contributed by atoms with E-state index in [1.807, 2.05) is 32.0 Å². The van der Waals surface area contributed by atoms with Gasteiger partial charge in [0.25, 0.3) is 0 Å². The van der Waals surface area contributed by atoms with Crippen molar-refractivity contribution in [2.24, 2.45) is 0 Å². The Bertz CT molecular complexity index is 620. The molecule has 0 radical (unpaired) electrons. The van der Waals surface area contributed by atoms with Crippen LogP contribution in [0.25, 0.3) is 0 Å². The van der Waals surface area contributed by atoms with E-state index in [9.17, 15) is 4.79 Å². The van der Waals surface area contributed by atoms with Gasteiger partial charge in [0.1, 0.15) is 11.4 Å². The van der Waals surface area contributed by atoms with Gasteiger partial charge in [-0.25, -0.2) is 0 Å². The van der Waals surface area contributed by atoms with Crippen LogP contribution in [0.3, 0.4) is 0 Å². The highest BCUT2D eigenvalue weighted by Gasteiger charge is 2.31. The standard InChI is InChI=1S/C15H14Br2O3/c1-9-4-5-12(10(16)6-9)20-13-8-15(2,19-3)7-11(17)14(13)18/h4-8H,1-3H3. The molecular weight excluding hydrogens is 388 g/mol. The van der Waals surface area contributed by atoms with Crippen LogP contribution in [0, 0.1) is 6.92 Å². The van der Waals surface area contributed by atoms with Gasteiger partial charge in [-0.1, -0.05) is 6.07 Å². The van der Waals surface area contributed by atoms with Gasteiger partial charge in [-0.05, 0) is 75.6 Å². The van der Waals surface area contributed by atoms with Crippen LogP contribution in [0.5, 0.6) is 5.75 Å². The Kier molecular flexibility index (Phi) is 4.52. The highest BCUT2D eigenvalue weighted by Crippen LogP contribution is 2.33. The van der Waals surface area contributed by atoms with Gasteiger partial charge in [-0.15, -0.1) is 0 Å². The van der Waals surface area contributed by atoms with Crippen LogP contribution in [-0.2, 0) is 9.53 Å². The molecule has 1 aromatic carbocycles. The highest BCUT2D eigenvalue weighted by atomic mass is 79.9. The van der Waals surface area contributed by atoms with Crippen molar-refractivity contribution in [3.05, 3.63) is 50.6 Å². The van der Waals surface area contributed by atoms with Crippen molar-refractivity contribution in [1.82, 2.24) is 0 Å². The summed E-state index contributed by atoms with van der Waals surface area (Å²) in [6, 6.07) is 5.68. The lowest BCUT2D eigenvalue weighted by molar-refractivity contribution is -0.114. The predicted octanol–water partition coefficient (Wildman–Crippen LogP) is 4.29. The molecule has 2 rings (SSSR count). The van der Waals surface area contributed by atoms with E-state index >= 15 is 0 Å². The number of rotatable bonds is 3. The second-order valence-electron chi connectivity index (χ2n) is 4.75. The van der Waals surface area contributed by atoms with Gasteiger partial charge in [0.05, 0.1) is 8.96 Å². The van der Waals surface area contributed by atoms with Crippen LogP contribution in [0.15, 0.2) is 45.1 Å². The maximum absolute atomic E-state index is 12.1. The molecule has 0 aromatic heterocycles. The van der Waals surface area contributed by atoms with Crippen molar-refractivity contribution in [3.63, 3.8) is 0 Å². The zero-order valence-electron chi connectivity index (χ0n) is 11.4. The SMILES string of the molecule is COC1(C)C=C(Br)C(=O)C(Oc2ccc(C)cc2Br)=C1. The second kappa shape index (κ2) is 5.84. The molecule has 0 amide bonds. The van der Waals surface area contributed by atoms with Gasteiger partial charge in [-0.3, -0.25) is 4.79 Å². The quantitative estimate of drug-likeness (QED) is 0.757. The Balaban J connectivity index is 2.34. The summed E-state index contributed by atoms with van der Waals surface area (Å²) < 4.78 is 12.4. The minimum absolute atomic E-state index is 0.202. The maximum atomic E-state index is 12.1. The molecule has 0 aliphatic heterocycles. The van der Waals surface area contributed by atoms with Crippen molar-refractivity contribution in [1.29, 1.82) is 0 Å². The summed E-state index contributed by atoms with van der Waals surface area (Å²) in [5.41, 5.74) is 0.440. The van der Waals surface area contributed by atoms with Crippen LogP contribution in [0.1, 0.15) is 12.5 Å². The molecule has 5 heteroatoms. The Morgan fingerprint density at radius 2 is 1.90 bits per heavy atom. The lowest BCUT2D eigenvalue weighted by Crippen LogP contribution is -2.29. The van der Waals surface area contributed by atoms with Gasteiger partial charge in [0.15, 0.2) is 5.76 Å². The van der Waals surface area contributed by atoms with Crippen molar-refractivity contribution in [3.8, 4) is 5.75 Å². The molecule has 1 aliphatic carbocycles. The number of hydrogen-bond donors (Lipinski definition) is 0. The Morgan fingerprint density at radius 1 is 1.20 bits per heavy atom. The molecule has 0 heterocycles. The summed E-state index contributed by atoms with van der Waals surface area (Å²) in [4.78, 5) is 12.1. The third-order valence-electron chi connectivity index (χ3n) is 3.02. The fraction of sp³-hybridized carbons (Fsp3) is 0.267. The van der Waals surface area contributed by atoms with Gasteiger partial charge in [0.2, 0.25) is 5.78 Å². The van der Waals surface area contributed by atoms with Crippen LogP contribution < -0.4 is 4.74 Å². The molecule has 106 valence electrons. The topological polar surface area (TPSA) is 35.5 Å². The van der Waals surface area contributed by atoms with E-state index in [0.717, 1.165) is 10.0 Å². The predicted molar refractivity (Wildman–Crippen MR) is 85.0 cm³/mol. The first-order valence-corrected chi connectivity index (χ1v) is 7.58. The number of halogens is 2. The molecule has 0 N–H and O–H groups in total. The number of carbonyl (C=O) groups excluding carboxylic acids is 1. The Hall–Kier alpha value is -0.910. The van der Waals surface area contributed by atoms with Gasteiger partial charge >= 0.3 is 0 Å². The fourth-order valence-corrected chi connectivity index (χ4v) is 3.03. The molecule has 0 spiro atoms. The third-order valence-corrected chi connectivity index (χ3v) is 4.23. The first-order chi connectivity index (χ1) is 9.34. The number of ether oxygens (including phenoxy) is 2. The van der Waals surface area contributed by atoms with E-state index in [1.165, 1.54) is 0 Å². The van der Waals surface area contributed by atoms with E-state index in [2.05, 4.69) is 31.9 Å². The number of carbonyl (C=O) groups is 1. The first kappa shape index (κ1) is 15.5. The molecule has 1 atom stereocenters. The number of allylic oxidation sites excluding steroid dienone is 1. The van der Waals surface area contributed by atoms with Crippen molar-refractivity contribution < 1.29 is 14.3 Å². The smallest absolute Gasteiger partial charge is 0.234 e. The highest BCUT2D eigenvalue weighted by molar-refractivity contribution is 9.12. The fourth-order valence-electron chi connectivity index (χ4n) is 1.80. The van der Waals surface area contributed by atoms with Gasteiger partial charge in [0, 0.05) is 7.11 Å². The molecule has 0 fully saturated rings. The molecule has 1 aromatic rings. The average molecular weight is 402 g/mol. The lowest BCUT2D eigenvalue weighted by atomic mass is 9.98. The minimum atomic E-state index is -0.667. The minimum Gasteiger partial charge on any atom is -0.452 e. The molecule has 0 saturated carbocycles. The first-order valence-electron chi connectivity index (χ1n) is 6.00. The Morgan fingerprint density at radius 3 is 2.50 bits per heavy atom. The number of hydrogen-bond acceptors (Lipinski definition) is 3. The number of aryl methyl sites for hydroxylation is 1. The van der Waals surface area contributed by atoms with Gasteiger partial charge < -0.3 is 9.47 Å². The summed E-state index contributed by atoms with van der Waals surface area (Å²) in [5.74, 6) is 0.635. The van der Waals surface area contributed by atoms with E-state index in [1.54, 1.807) is 19.3 Å². The lowest BCUT2D eigenvalue weighted by Gasteiger charge is -2.26. The molecule has 0 saturated heterocycles. The number of benzene rings is 1.